The van der Waals surface area contributed by atoms with Crippen molar-refractivity contribution >= 4 is 17.8 Å². The molecule has 7 nitrogen and oxygen atoms in total. The number of carbonyl (C=O) groups excluding carboxylic acids is 3. The molecule has 7 heteroatoms. The zero-order chi connectivity index (χ0) is 24.2. The van der Waals surface area contributed by atoms with Gasteiger partial charge in [-0.1, -0.05) is 48.5 Å². The summed E-state index contributed by atoms with van der Waals surface area (Å²) in [5.74, 6) is -0.218. The number of ether oxygens (including phenoxy) is 2. The molecule has 0 spiro atoms. The van der Waals surface area contributed by atoms with E-state index in [1.54, 1.807) is 24.3 Å². The Hall–Kier alpha value is -4.13. The number of carbonyl (C=O) groups is 3. The minimum Gasteiger partial charge on any atom is -0.457 e. The van der Waals surface area contributed by atoms with Crippen LogP contribution in [0.2, 0.25) is 0 Å². The van der Waals surface area contributed by atoms with Gasteiger partial charge >= 0.3 is 5.97 Å². The Morgan fingerprint density at radius 3 is 2.12 bits per heavy atom. The highest BCUT2D eigenvalue weighted by molar-refractivity contribution is 5.96. The van der Waals surface area contributed by atoms with Gasteiger partial charge < -0.3 is 20.1 Å². The highest BCUT2D eigenvalue weighted by atomic mass is 16.5. The van der Waals surface area contributed by atoms with Crippen molar-refractivity contribution in [1.29, 1.82) is 0 Å². The number of hydrogen-bond donors (Lipinski definition) is 2. The maximum Gasteiger partial charge on any atom is 0.325 e. The molecule has 0 aliphatic rings. The summed E-state index contributed by atoms with van der Waals surface area (Å²) >= 11 is 0. The zero-order valence-corrected chi connectivity index (χ0v) is 19.0. The molecular weight excluding hydrogens is 432 g/mol. The van der Waals surface area contributed by atoms with Gasteiger partial charge in [-0.15, -0.1) is 0 Å². The van der Waals surface area contributed by atoms with Crippen molar-refractivity contribution in [3.63, 3.8) is 0 Å². The molecule has 3 aromatic rings. The quantitative estimate of drug-likeness (QED) is 0.424. The van der Waals surface area contributed by atoms with Crippen LogP contribution in [0.4, 0.5) is 0 Å². The zero-order valence-electron chi connectivity index (χ0n) is 19.0. The molecule has 2 amide bonds. The van der Waals surface area contributed by atoms with Crippen LogP contribution in [0.1, 0.15) is 29.3 Å². The molecule has 0 aliphatic heterocycles. The molecule has 0 saturated carbocycles. The topological polar surface area (TPSA) is 93.7 Å². The van der Waals surface area contributed by atoms with Gasteiger partial charge in [-0.3, -0.25) is 14.4 Å². The summed E-state index contributed by atoms with van der Waals surface area (Å²) in [6, 6.07) is 25.8. The fraction of sp³-hybridized carbons (Fsp3) is 0.222. The Labute approximate surface area is 199 Å². The van der Waals surface area contributed by atoms with Gasteiger partial charge in [-0.25, -0.2) is 0 Å². The van der Waals surface area contributed by atoms with E-state index >= 15 is 0 Å². The van der Waals surface area contributed by atoms with E-state index < -0.39 is 18.5 Å². The van der Waals surface area contributed by atoms with E-state index in [1.165, 1.54) is 5.56 Å². The van der Waals surface area contributed by atoms with Crippen LogP contribution < -0.4 is 15.4 Å². The van der Waals surface area contributed by atoms with Crippen molar-refractivity contribution in [1.82, 2.24) is 10.6 Å². The number of rotatable bonds is 11. The predicted octanol–water partition coefficient (Wildman–Crippen LogP) is 3.89. The Morgan fingerprint density at radius 2 is 1.44 bits per heavy atom. The number of esters is 1. The van der Waals surface area contributed by atoms with Crippen molar-refractivity contribution in [2.24, 2.45) is 0 Å². The first-order chi connectivity index (χ1) is 16.5. The van der Waals surface area contributed by atoms with Gasteiger partial charge in [-0.2, -0.15) is 0 Å². The van der Waals surface area contributed by atoms with Crippen LogP contribution in [-0.4, -0.2) is 37.0 Å². The maximum absolute atomic E-state index is 12.3. The van der Waals surface area contributed by atoms with Crippen molar-refractivity contribution in [2.75, 3.05) is 13.2 Å². The standard InChI is InChI=1S/C27H28N2O5/c1-20(12-13-21-8-4-2-5-9-21)29-25(30)19-33-26(31)18-28-27(32)22-14-16-24(17-15-22)34-23-10-6-3-7-11-23/h2-11,14-17,20H,12-13,18-19H2,1H3,(H,28,32)(H,29,30). The summed E-state index contributed by atoms with van der Waals surface area (Å²) in [6.07, 6.45) is 1.61. The fourth-order valence-electron chi connectivity index (χ4n) is 3.17. The monoisotopic (exact) mass is 460 g/mol. The van der Waals surface area contributed by atoms with Crippen molar-refractivity contribution in [3.8, 4) is 11.5 Å². The van der Waals surface area contributed by atoms with Gasteiger partial charge in [-0.05, 0) is 61.7 Å². The SMILES string of the molecule is CC(CCc1ccccc1)NC(=O)COC(=O)CNC(=O)c1ccc(Oc2ccccc2)cc1. The summed E-state index contributed by atoms with van der Waals surface area (Å²) in [5.41, 5.74) is 1.57. The minimum atomic E-state index is -0.690. The van der Waals surface area contributed by atoms with Crippen LogP contribution in [0, 0.1) is 0 Å². The van der Waals surface area contributed by atoms with E-state index in [4.69, 9.17) is 9.47 Å². The summed E-state index contributed by atoms with van der Waals surface area (Å²) in [7, 11) is 0. The lowest BCUT2D eigenvalue weighted by molar-refractivity contribution is -0.147. The lowest BCUT2D eigenvalue weighted by Crippen LogP contribution is -2.37. The van der Waals surface area contributed by atoms with Gasteiger partial charge in [0, 0.05) is 11.6 Å². The Bertz CT molecular complexity index is 1070. The summed E-state index contributed by atoms with van der Waals surface area (Å²) in [4.78, 5) is 36.2. The van der Waals surface area contributed by atoms with E-state index in [0.29, 0.717) is 17.1 Å². The maximum atomic E-state index is 12.3. The van der Waals surface area contributed by atoms with Crippen LogP contribution in [0.5, 0.6) is 11.5 Å². The molecule has 34 heavy (non-hydrogen) atoms. The molecule has 0 heterocycles. The van der Waals surface area contributed by atoms with Crippen LogP contribution in [0.15, 0.2) is 84.9 Å². The first kappa shape index (κ1) is 24.5. The first-order valence-electron chi connectivity index (χ1n) is 11.1. The average Bonchev–Trinajstić information content (AvgIpc) is 2.86. The average molecular weight is 461 g/mol. The summed E-state index contributed by atoms with van der Waals surface area (Å²) in [6.45, 7) is 1.17. The van der Waals surface area contributed by atoms with Gasteiger partial charge in [0.25, 0.3) is 11.8 Å². The number of amides is 2. The largest absolute Gasteiger partial charge is 0.457 e. The Kier molecular flexibility index (Phi) is 9.22. The van der Waals surface area contributed by atoms with E-state index in [9.17, 15) is 14.4 Å². The third-order valence-corrected chi connectivity index (χ3v) is 4.97. The molecule has 3 aromatic carbocycles. The van der Waals surface area contributed by atoms with Gasteiger partial charge in [0.1, 0.15) is 18.0 Å². The van der Waals surface area contributed by atoms with Crippen molar-refractivity contribution in [3.05, 3.63) is 96.1 Å². The minimum absolute atomic E-state index is 0.0556. The molecule has 0 radical (unpaired) electrons. The van der Waals surface area contributed by atoms with Crippen LogP contribution in [0.25, 0.3) is 0 Å². The third-order valence-electron chi connectivity index (χ3n) is 4.97. The fourth-order valence-corrected chi connectivity index (χ4v) is 3.17. The van der Waals surface area contributed by atoms with Gasteiger partial charge in [0.05, 0.1) is 0 Å². The van der Waals surface area contributed by atoms with Crippen LogP contribution in [-0.2, 0) is 20.7 Å². The molecular formula is C27H28N2O5. The molecule has 0 saturated heterocycles. The van der Waals surface area contributed by atoms with E-state index in [1.807, 2.05) is 67.6 Å². The van der Waals surface area contributed by atoms with Crippen LogP contribution >= 0.6 is 0 Å². The molecule has 0 aliphatic carbocycles. The summed E-state index contributed by atoms with van der Waals surface area (Å²) < 4.78 is 10.6. The number of hydrogen-bond acceptors (Lipinski definition) is 5. The normalized spacial score (nSPS) is 11.2. The molecule has 2 N–H and O–H groups in total. The number of aryl methyl sites for hydroxylation is 1. The second kappa shape index (κ2) is 12.8. The van der Waals surface area contributed by atoms with E-state index in [2.05, 4.69) is 10.6 Å². The Morgan fingerprint density at radius 1 is 0.824 bits per heavy atom. The van der Waals surface area contributed by atoms with Gasteiger partial charge in [0.2, 0.25) is 0 Å². The second-order valence-electron chi connectivity index (χ2n) is 7.78. The van der Waals surface area contributed by atoms with E-state index in [-0.39, 0.29) is 18.5 Å². The molecule has 0 fully saturated rings. The number of nitrogens with one attached hydrogen (secondary N) is 2. The first-order valence-corrected chi connectivity index (χ1v) is 11.1. The van der Waals surface area contributed by atoms with Crippen LogP contribution in [0.3, 0.4) is 0 Å². The molecule has 1 unspecified atom stereocenters. The molecule has 0 aromatic heterocycles. The smallest absolute Gasteiger partial charge is 0.325 e. The van der Waals surface area contributed by atoms with E-state index in [0.717, 1.165) is 12.8 Å². The Balaban J connectivity index is 1.33. The number of benzene rings is 3. The molecule has 3 rings (SSSR count). The number of para-hydroxylation sites is 1. The molecule has 1 atom stereocenters. The molecule has 0 bridgehead atoms. The lowest BCUT2D eigenvalue weighted by atomic mass is 10.1. The van der Waals surface area contributed by atoms with Crippen molar-refractivity contribution in [2.45, 2.75) is 25.8 Å². The predicted molar refractivity (Wildman–Crippen MR) is 129 cm³/mol. The molecule has 176 valence electrons. The lowest BCUT2D eigenvalue weighted by Gasteiger charge is -2.14. The van der Waals surface area contributed by atoms with Crippen molar-refractivity contribution < 1.29 is 23.9 Å². The third kappa shape index (κ3) is 8.43. The highest BCUT2D eigenvalue weighted by Gasteiger charge is 2.13. The highest BCUT2D eigenvalue weighted by Crippen LogP contribution is 2.21. The van der Waals surface area contributed by atoms with Gasteiger partial charge in [0.15, 0.2) is 6.61 Å². The second-order valence-corrected chi connectivity index (χ2v) is 7.78. The summed E-state index contributed by atoms with van der Waals surface area (Å²) in [5, 5.41) is 5.29.